The summed E-state index contributed by atoms with van der Waals surface area (Å²) in [6.07, 6.45) is 0.765. The number of hydrogen-bond donors (Lipinski definition) is 1. The summed E-state index contributed by atoms with van der Waals surface area (Å²) in [5, 5.41) is 11.2. The first-order valence-corrected chi connectivity index (χ1v) is 7.32. The number of carboxylic acid groups (broad SMARTS) is 1. The third-order valence-corrected chi connectivity index (χ3v) is 4.59. The topological polar surface area (TPSA) is 60.9 Å². The monoisotopic (exact) mass is 298 g/mol. The molecule has 1 atom stereocenters. The van der Waals surface area contributed by atoms with Crippen LogP contribution in [-0.4, -0.2) is 52.6 Å². The summed E-state index contributed by atoms with van der Waals surface area (Å²) in [7, 11) is 3.22. The molecule has 1 N–H and O–H groups in total. The van der Waals surface area contributed by atoms with Crippen LogP contribution in [0.15, 0.2) is 17.5 Å². The number of likely N-dealkylation sites (N-methyl/N-ethyl adjacent to an activating group) is 2. The minimum atomic E-state index is -1.23. The minimum Gasteiger partial charge on any atom is -0.480 e. The first-order valence-electron chi connectivity index (χ1n) is 6.44. The molecule has 0 fully saturated rings. The molecule has 0 aromatic carbocycles. The van der Waals surface area contributed by atoms with Crippen LogP contribution < -0.4 is 0 Å². The normalized spacial score (nSPS) is 12.8. The van der Waals surface area contributed by atoms with Gasteiger partial charge in [-0.25, -0.2) is 9.59 Å². The van der Waals surface area contributed by atoms with Crippen LogP contribution in [0.4, 0.5) is 4.79 Å². The first kappa shape index (κ1) is 16.5. The minimum absolute atomic E-state index is 0.00759. The molecule has 1 unspecified atom stereocenters. The number of aliphatic carboxylic acids is 1. The van der Waals surface area contributed by atoms with Crippen molar-refractivity contribution in [3.05, 3.63) is 22.4 Å². The Balaban J connectivity index is 2.73. The summed E-state index contributed by atoms with van der Waals surface area (Å²) in [5.74, 6) is -1.02. The van der Waals surface area contributed by atoms with Crippen LogP contribution in [0.2, 0.25) is 0 Å². The molecule has 0 saturated carbocycles. The van der Waals surface area contributed by atoms with Gasteiger partial charge in [-0.2, -0.15) is 0 Å². The van der Waals surface area contributed by atoms with Gasteiger partial charge in [0.1, 0.15) is 5.54 Å². The predicted molar refractivity (Wildman–Crippen MR) is 80.1 cm³/mol. The first-order chi connectivity index (χ1) is 9.17. The quantitative estimate of drug-likeness (QED) is 0.908. The van der Waals surface area contributed by atoms with Crippen molar-refractivity contribution in [3.63, 3.8) is 0 Å². The largest absolute Gasteiger partial charge is 0.480 e. The Kier molecular flexibility index (Phi) is 5.16. The second kappa shape index (κ2) is 6.26. The SMILES string of the molecule is CC(Cc1cccs1)N(C)C(=O)N(C)C(C)(C)C(=O)O. The van der Waals surface area contributed by atoms with Gasteiger partial charge in [-0.15, -0.1) is 11.3 Å². The van der Waals surface area contributed by atoms with Gasteiger partial charge < -0.3 is 14.9 Å². The van der Waals surface area contributed by atoms with Crippen LogP contribution in [-0.2, 0) is 11.2 Å². The van der Waals surface area contributed by atoms with Crippen molar-refractivity contribution in [2.24, 2.45) is 0 Å². The Morgan fingerprint density at radius 3 is 2.45 bits per heavy atom. The maximum absolute atomic E-state index is 12.4. The van der Waals surface area contributed by atoms with Crippen LogP contribution in [0.25, 0.3) is 0 Å². The van der Waals surface area contributed by atoms with Crippen molar-refractivity contribution in [3.8, 4) is 0 Å². The summed E-state index contributed by atoms with van der Waals surface area (Å²) in [4.78, 5) is 27.6. The van der Waals surface area contributed by atoms with Gasteiger partial charge in [0.15, 0.2) is 0 Å². The summed E-state index contributed by atoms with van der Waals surface area (Å²) >= 11 is 1.65. The van der Waals surface area contributed by atoms with E-state index in [0.717, 1.165) is 6.42 Å². The van der Waals surface area contributed by atoms with Crippen LogP contribution in [0, 0.1) is 0 Å². The van der Waals surface area contributed by atoms with E-state index in [1.165, 1.54) is 30.7 Å². The maximum Gasteiger partial charge on any atom is 0.329 e. The Morgan fingerprint density at radius 2 is 2.00 bits per heavy atom. The number of amides is 2. The number of rotatable bonds is 5. The van der Waals surface area contributed by atoms with E-state index in [9.17, 15) is 14.7 Å². The number of carbonyl (C=O) groups excluding carboxylic acids is 1. The van der Waals surface area contributed by atoms with E-state index in [0.29, 0.717) is 0 Å². The van der Waals surface area contributed by atoms with Crippen molar-refractivity contribution >= 4 is 23.3 Å². The molecule has 6 heteroatoms. The zero-order valence-electron chi connectivity index (χ0n) is 12.6. The van der Waals surface area contributed by atoms with Gasteiger partial charge in [-0.3, -0.25) is 0 Å². The van der Waals surface area contributed by atoms with Crippen molar-refractivity contribution in [2.45, 2.75) is 38.8 Å². The molecule has 1 aromatic rings. The number of carbonyl (C=O) groups is 2. The lowest BCUT2D eigenvalue weighted by Gasteiger charge is -2.36. The highest BCUT2D eigenvalue weighted by Gasteiger charge is 2.37. The van der Waals surface area contributed by atoms with E-state index in [4.69, 9.17) is 0 Å². The summed E-state index contributed by atoms with van der Waals surface area (Å²) in [5.41, 5.74) is -1.23. The lowest BCUT2D eigenvalue weighted by atomic mass is 10.0. The van der Waals surface area contributed by atoms with E-state index in [2.05, 4.69) is 0 Å². The molecule has 112 valence electrons. The van der Waals surface area contributed by atoms with E-state index >= 15 is 0 Å². The molecular weight excluding hydrogens is 276 g/mol. The second-order valence-corrected chi connectivity index (χ2v) is 6.48. The summed E-state index contributed by atoms with van der Waals surface area (Å²) < 4.78 is 0. The molecule has 0 aliphatic carbocycles. The average Bonchev–Trinajstić information content (AvgIpc) is 2.88. The van der Waals surface area contributed by atoms with E-state index in [1.54, 1.807) is 23.3 Å². The average molecular weight is 298 g/mol. The van der Waals surface area contributed by atoms with Gasteiger partial charge in [0, 0.05) is 31.4 Å². The zero-order valence-corrected chi connectivity index (χ0v) is 13.4. The maximum atomic E-state index is 12.4. The Morgan fingerprint density at radius 1 is 1.40 bits per heavy atom. The molecule has 0 aliphatic heterocycles. The lowest BCUT2D eigenvalue weighted by Crippen LogP contribution is -2.55. The summed E-state index contributed by atoms with van der Waals surface area (Å²) in [6.45, 7) is 5.00. The standard InChI is InChI=1S/C14H22N2O3S/c1-10(9-11-7-6-8-20-11)15(4)13(19)16(5)14(2,3)12(17)18/h6-8,10H,9H2,1-5H3,(H,17,18). The fraction of sp³-hybridized carbons (Fsp3) is 0.571. The van der Waals surface area contributed by atoms with Gasteiger partial charge in [0.2, 0.25) is 0 Å². The molecule has 0 spiro atoms. The van der Waals surface area contributed by atoms with Gasteiger partial charge in [-0.1, -0.05) is 6.07 Å². The van der Waals surface area contributed by atoms with E-state index in [1.807, 2.05) is 24.4 Å². The second-order valence-electron chi connectivity index (χ2n) is 5.45. The van der Waals surface area contributed by atoms with Gasteiger partial charge in [-0.05, 0) is 32.2 Å². The van der Waals surface area contributed by atoms with Crippen molar-refractivity contribution < 1.29 is 14.7 Å². The van der Waals surface area contributed by atoms with Crippen LogP contribution in [0.1, 0.15) is 25.6 Å². The molecule has 1 heterocycles. The number of hydrogen-bond acceptors (Lipinski definition) is 3. The highest BCUT2D eigenvalue weighted by molar-refractivity contribution is 7.09. The molecule has 1 rings (SSSR count). The molecule has 0 radical (unpaired) electrons. The zero-order chi connectivity index (χ0) is 15.5. The van der Waals surface area contributed by atoms with Crippen LogP contribution in [0.5, 0.6) is 0 Å². The summed E-state index contributed by atoms with van der Waals surface area (Å²) in [6, 6.07) is 3.73. The molecule has 20 heavy (non-hydrogen) atoms. The molecule has 1 aromatic heterocycles. The Bertz CT molecular complexity index is 471. The van der Waals surface area contributed by atoms with Crippen molar-refractivity contribution in [1.82, 2.24) is 9.80 Å². The van der Waals surface area contributed by atoms with Gasteiger partial charge in [0.25, 0.3) is 0 Å². The smallest absolute Gasteiger partial charge is 0.329 e. The van der Waals surface area contributed by atoms with Crippen LogP contribution in [0.3, 0.4) is 0 Å². The van der Waals surface area contributed by atoms with Crippen molar-refractivity contribution in [1.29, 1.82) is 0 Å². The number of urea groups is 1. The molecule has 0 bridgehead atoms. The molecule has 0 saturated heterocycles. The highest BCUT2D eigenvalue weighted by atomic mass is 32.1. The molecule has 0 aliphatic rings. The van der Waals surface area contributed by atoms with Gasteiger partial charge in [0.05, 0.1) is 0 Å². The fourth-order valence-corrected chi connectivity index (χ4v) is 2.49. The third-order valence-electron chi connectivity index (χ3n) is 3.69. The highest BCUT2D eigenvalue weighted by Crippen LogP contribution is 2.18. The van der Waals surface area contributed by atoms with E-state index < -0.39 is 11.5 Å². The Hall–Kier alpha value is -1.56. The molecular formula is C14H22N2O3S. The lowest BCUT2D eigenvalue weighted by molar-refractivity contribution is -0.147. The van der Waals surface area contributed by atoms with Crippen molar-refractivity contribution in [2.75, 3.05) is 14.1 Å². The molecule has 5 nitrogen and oxygen atoms in total. The van der Waals surface area contributed by atoms with Gasteiger partial charge >= 0.3 is 12.0 Å². The predicted octanol–water partition coefficient (Wildman–Crippen LogP) is 2.53. The number of thiophene rings is 1. The van der Waals surface area contributed by atoms with E-state index in [-0.39, 0.29) is 12.1 Å². The number of nitrogens with zero attached hydrogens (tertiary/aromatic N) is 2. The Labute approximate surface area is 123 Å². The molecule has 2 amide bonds. The third kappa shape index (κ3) is 3.50. The number of carboxylic acids is 1. The van der Waals surface area contributed by atoms with Crippen LogP contribution >= 0.6 is 11.3 Å². The fourth-order valence-electron chi connectivity index (χ4n) is 1.66.